The van der Waals surface area contributed by atoms with Crippen molar-refractivity contribution in [3.63, 3.8) is 0 Å². The molecular weight excluding hydrogens is 485 g/mol. The van der Waals surface area contributed by atoms with Crippen LogP contribution in [0.1, 0.15) is 12.5 Å². The molecule has 2 aromatic heterocycles. The lowest BCUT2D eigenvalue weighted by molar-refractivity contribution is 0.457. The van der Waals surface area contributed by atoms with E-state index in [1.54, 1.807) is 19.2 Å². The van der Waals surface area contributed by atoms with E-state index in [4.69, 9.17) is 9.72 Å². The third-order valence-electron chi connectivity index (χ3n) is 6.82. The van der Waals surface area contributed by atoms with E-state index in [0.717, 1.165) is 11.4 Å². The number of hydrogen-bond acceptors (Lipinski definition) is 5. The van der Waals surface area contributed by atoms with Crippen LogP contribution in [0.3, 0.4) is 0 Å². The Hall–Kier alpha value is -4.66. The van der Waals surface area contributed by atoms with Crippen LogP contribution < -0.4 is 20.9 Å². The van der Waals surface area contributed by atoms with Gasteiger partial charge in [-0.15, -0.1) is 0 Å². The first-order valence-corrected chi connectivity index (χ1v) is 12.4. The van der Waals surface area contributed by atoms with Crippen molar-refractivity contribution >= 4 is 22.8 Å². The molecule has 1 unspecified atom stereocenters. The molecular formula is C29H26FN5O3. The van der Waals surface area contributed by atoms with Gasteiger partial charge >= 0.3 is 5.69 Å². The van der Waals surface area contributed by atoms with Gasteiger partial charge in [0, 0.05) is 25.8 Å². The Labute approximate surface area is 217 Å². The van der Waals surface area contributed by atoms with Crippen LogP contribution in [-0.2, 0) is 20.1 Å². The Balaban J connectivity index is 1.41. The fourth-order valence-corrected chi connectivity index (χ4v) is 4.95. The minimum Gasteiger partial charge on any atom is -0.457 e. The van der Waals surface area contributed by atoms with Crippen molar-refractivity contribution in [3.8, 4) is 11.5 Å². The molecule has 192 valence electrons. The summed E-state index contributed by atoms with van der Waals surface area (Å²) in [5, 5.41) is 0. The van der Waals surface area contributed by atoms with Crippen LogP contribution in [-0.4, -0.2) is 25.2 Å². The van der Waals surface area contributed by atoms with Gasteiger partial charge in [-0.05, 0) is 60.0 Å². The summed E-state index contributed by atoms with van der Waals surface area (Å²) in [5.41, 5.74) is 1.41. The summed E-state index contributed by atoms with van der Waals surface area (Å²) >= 11 is 0. The van der Waals surface area contributed by atoms with Crippen LogP contribution in [0.4, 0.5) is 16.0 Å². The van der Waals surface area contributed by atoms with Crippen LogP contribution in [0.2, 0.25) is 0 Å². The molecule has 0 amide bonds. The highest BCUT2D eigenvalue weighted by molar-refractivity contribution is 5.77. The van der Waals surface area contributed by atoms with Crippen molar-refractivity contribution in [1.82, 2.24) is 18.7 Å². The number of benzene rings is 3. The maximum Gasteiger partial charge on any atom is 0.332 e. The third kappa shape index (κ3) is 4.15. The van der Waals surface area contributed by atoms with Gasteiger partial charge in [0.05, 0.1) is 6.54 Å². The molecule has 38 heavy (non-hydrogen) atoms. The number of aryl methyl sites for hydroxylation is 1. The fourth-order valence-electron chi connectivity index (χ4n) is 4.95. The van der Waals surface area contributed by atoms with Crippen molar-refractivity contribution < 1.29 is 9.13 Å². The van der Waals surface area contributed by atoms with Gasteiger partial charge in [0.25, 0.3) is 5.56 Å². The summed E-state index contributed by atoms with van der Waals surface area (Å²) in [6, 6.07) is 23.1. The fraction of sp³-hybridized carbons (Fsp3) is 0.207. The highest BCUT2D eigenvalue weighted by Gasteiger charge is 2.30. The molecule has 0 saturated carbocycles. The minimum absolute atomic E-state index is 0.0460. The first kappa shape index (κ1) is 23.7. The minimum atomic E-state index is -0.468. The van der Waals surface area contributed by atoms with Crippen LogP contribution in [0.5, 0.6) is 11.5 Å². The van der Waals surface area contributed by atoms with E-state index in [1.165, 1.54) is 21.3 Å². The number of ether oxygens (including phenoxy) is 1. The Morgan fingerprint density at radius 3 is 2.32 bits per heavy atom. The molecule has 0 saturated heterocycles. The molecule has 3 aromatic carbocycles. The molecule has 0 bridgehead atoms. The molecule has 0 radical (unpaired) electrons. The number of imidazole rings is 1. The maximum absolute atomic E-state index is 13.7. The van der Waals surface area contributed by atoms with Crippen molar-refractivity contribution in [2.24, 2.45) is 13.0 Å². The number of rotatable bonds is 5. The van der Waals surface area contributed by atoms with Gasteiger partial charge in [0.1, 0.15) is 17.3 Å². The van der Waals surface area contributed by atoms with Gasteiger partial charge in [-0.3, -0.25) is 13.9 Å². The molecule has 5 aromatic rings. The third-order valence-corrected chi connectivity index (χ3v) is 6.82. The Kier molecular flexibility index (Phi) is 5.83. The standard InChI is InChI=1S/C29H26FN5O3/c1-19-16-33(22-12-14-24(15-13-22)38-23-6-4-3-5-7-23)28-31-26-25(34(28)17-19)27(36)35(29(37)32(26)2)18-20-8-10-21(30)11-9-20/h3-15,19H,16-18H2,1-2H3. The smallest absolute Gasteiger partial charge is 0.332 e. The number of para-hydroxylation sites is 1. The zero-order valence-corrected chi connectivity index (χ0v) is 21.0. The van der Waals surface area contributed by atoms with Crippen molar-refractivity contribution in [2.75, 3.05) is 11.4 Å². The van der Waals surface area contributed by atoms with Gasteiger partial charge in [0.15, 0.2) is 11.2 Å². The second kappa shape index (κ2) is 9.33. The van der Waals surface area contributed by atoms with Crippen molar-refractivity contribution in [1.29, 1.82) is 0 Å². The average Bonchev–Trinajstić information content (AvgIpc) is 3.31. The van der Waals surface area contributed by atoms with Gasteiger partial charge < -0.3 is 14.2 Å². The Morgan fingerprint density at radius 1 is 0.921 bits per heavy atom. The molecule has 3 heterocycles. The van der Waals surface area contributed by atoms with E-state index in [9.17, 15) is 14.0 Å². The molecule has 6 rings (SSSR count). The monoisotopic (exact) mass is 511 g/mol. The van der Waals surface area contributed by atoms with Crippen molar-refractivity contribution in [3.05, 3.63) is 111 Å². The lowest BCUT2D eigenvalue weighted by Crippen LogP contribution is -2.40. The van der Waals surface area contributed by atoms with Crippen molar-refractivity contribution in [2.45, 2.75) is 20.0 Å². The average molecular weight is 512 g/mol. The largest absolute Gasteiger partial charge is 0.457 e. The van der Waals surface area contributed by atoms with Gasteiger partial charge in [-0.2, -0.15) is 4.98 Å². The molecule has 0 spiro atoms. The van der Waals surface area contributed by atoms with Crippen LogP contribution in [0.15, 0.2) is 88.5 Å². The predicted molar refractivity (Wildman–Crippen MR) is 144 cm³/mol. The lowest BCUT2D eigenvalue weighted by atomic mass is 10.1. The predicted octanol–water partition coefficient (Wildman–Crippen LogP) is 4.66. The first-order chi connectivity index (χ1) is 18.4. The first-order valence-electron chi connectivity index (χ1n) is 12.4. The quantitative estimate of drug-likeness (QED) is 0.343. The summed E-state index contributed by atoms with van der Waals surface area (Å²) in [7, 11) is 1.62. The Morgan fingerprint density at radius 2 is 1.61 bits per heavy atom. The highest BCUT2D eigenvalue weighted by Crippen LogP contribution is 2.34. The van der Waals surface area contributed by atoms with Crippen LogP contribution >= 0.6 is 0 Å². The highest BCUT2D eigenvalue weighted by atomic mass is 19.1. The molecule has 0 aliphatic carbocycles. The second-order valence-corrected chi connectivity index (χ2v) is 9.68. The summed E-state index contributed by atoms with van der Waals surface area (Å²) in [4.78, 5) is 33.7. The second-order valence-electron chi connectivity index (χ2n) is 9.68. The zero-order chi connectivity index (χ0) is 26.4. The van der Waals surface area contributed by atoms with E-state index in [-0.39, 0.29) is 18.3 Å². The molecule has 0 fully saturated rings. The topological polar surface area (TPSA) is 74.3 Å². The van der Waals surface area contributed by atoms with E-state index in [0.29, 0.717) is 41.5 Å². The summed E-state index contributed by atoms with van der Waals surface area (Å²) in [6.07, 6.45) is 0. The SMILES string of the molecule is CC1CN(c2ccc(Oc3ccccc3)cc2)c2nc3c(c(=O)n(Cc4ccc(F)cc4)c(=O)n3C)n2C1. The summed E-state index contributed by atoms with van der Waals surface area (Å²) in [6.45, 7) is 3.47. The number of halogens is 1. The van der Waals surface area contributed by atoms with Gasteiger partial charge in [-0.1, -0.05) is 37.3 Å². The number of anilines is 2. The number of aromatic nitrogens is 4. The maximum atomic E-state index is 13.7. The van der Waals surface area contributed by atoms with E-state index >= 15 is 0 Å². The summed E-state index contributed by atoms with van der Waals surface area (Å²) < 4.78 is 23.8. The van der Waals surface area contributed by atoms with E-state index in [2.05, 4.69) is 11.8 Å². The molecule has 0 N–H and O–H groups in total. The van der Waals surface area contributed by atoms with Crippen LogP contribution in [0.25, 0.3) is 11.2 Å². The summed E-state index contributed by atoms with van der Waals surface area (Å²) in [5.74, 6) is 1.93. The zero-order valence-electron chi connectivity index (χ0n) is 21.0. The normalized spacial score (nSPS) is 15.0. The number of nitrogens with zero attached hydrogens (tertiary/aromatic N) is 5. The molecule has 1 aliphatic heterocycles. The molecule has 9 heteroatoms. The number of fused-ring (bicyclic) bond motifs is 3. The Bertz CT molecular complexity index is 1740. The van der Waals surface area contributed by atoms with E-state index < -0.39 is 11.2 Å². The number of hydrogen-bond donors (Lipinski definition) is 0. The van der Waals surface area contributed by atoms with Crippen LogP contribution in [0, 0.1) is 11.7 Å². The molecule has 8 nitrogen and oxygen atoms in total. The lowest BCUT2D eigenvalue weighted by Gasteiger charge is -2.33. The van der Waals surface area contributed by atoms with Gasteiger partial charge in [0.2, 0.25) is 5.95 Å². The van der Waals surface area contributed by atoms with E-state index in [1.807, 2.05) is 59.2 Å². The molecule has 1 atom stereocenters. The van der Waals surface area contributed by atoms with Gasteiger partial charge in [-0.25, -0.2) is 9.18 Å². The molecule has 1 aliphatic rings.